The van der Waals surface area contributed by atoms with Crippen LogP contribution in [0.2, 0.25) is 0 Å². The summed E-state index contributed by atoms with van der Waals surface area (Å²) < 4.78 is 10.0. The van der Waals surface area contributed by atoms with Gasteiger partial charge in [-0.15, -0.1) is 0 Å². The van der Waals surface area contributed by atoms with Crippen LogP contribution in [0.15, 0.2) is 22.8 Å². The Morgan fingerprint density at radius 3 is 3.00 bits per heavy atom. The lowest BCUT2D eigenvalue weighted by atomic mass is 10.4. The predicted octanol–water partition coefficient (Wildman–Crippen LogP) is 1.39. The summed E-state index contributed by atoms with van der Waals surface area (Å²) in [5, 5.41) is 2.56. The minimum atomic E-state index is -0.259. The molecule has 0 radical (unpaired) electrons. The van der Waals surface area contributed by atoms with Gasteiger partial charge in [0.25, 0.3) is 5.91 Å². The predicted molar refractivity (Wildman–Crippen MR) is 47.3 cm³/mol. The van der Waals surface area contributed by atoms with E-state index in [2.05, 4.69) is 5.32 Å². The van der Waals surface area contributed by atoms with E-state index >= 15 is 0 Å². The Hall–Kier alpha value is -1.29. The molecular weight excluding hydrogens is 170 g/mol. The van der Waals surface area contributed by atoms with E-state index in [9.17, 15) is 4.79 Å². The van der Waals surface area contributed by atoms with Gasteiger partial charge in [-0.05, 0) is 26.0 Å². The van der Waals surface area contributed by atoms with E-state index < -0.39 is 0 Å². The van der Waals surface area contributed by atoms with Crippen molar-refractivity contribution in [2.75, 3.05) is 6.73 Å². The Morgan fingerprint density at radius 1 is 1.69 bits per heavy atom. The summed E-state index contributed by atoms with van der Waals surface area (Å²) in [5.74, 6) is 0.0398. The first-order valence-electron chi connectivity index (χ1n) is 4.13. The highest BCUT2D eigenvalue weighted by atomic mass is 16.5. The smallest absolute Gasteiger partial charge is 0.288 e. The summed E-state index contributed by atoms with van der Waals surface area (Å²) in [4.78, 5) is 11.2. The molecule has 0 fully saturated rings. The van der Waals surface area contributed by atoms with Crippen LogP contribution in [0.5, 0.6) is 0 Å². The largest absolute Gasteiger partial charge is 0.459 e. The lowest BCUT2D eigenvalue weighted by molar-refractivity contribution is 0.0547. The van der Waals surface area contributed by atoms with Crippen molar-refractivity contribution in [1.29, 1.82) is 0 Å². The van der Waals surface area contributed by atoms with Crippen molar-refractivity contribution in [3.8, 4) is 0 Å². The van der Waals surface area contributed by atoms with Gasteiger partial charge in [-0.3, -0.25) is 4.79 Å². The standard InChI is InChI=1S/C9H13NO3/c1-7(2)13-6-10-9(11)8-4-3-5-12-8/h3-5,7H,6H2,1-2H3,(H,10,11). The minimum absolute atomic E-state index is 0.108. The molecule has 72 valence electrons. The molecule has 1 rings (SSSR count). The molecule has 1 N–H and O–H groups in total. The van der Waals surface area contributed by atoms with E-state index in [-0.39, 0.29) is 18.7 Å². The molecule has 0 spiro atoms. The molecule has 0 saturated heterocycles. The molecule has 0 aliphatic heterocycles. The molecule has 1 heterocycles. The van der Waals surface area contributed by atoms with Crippen molar-refractivity contribution in [3.63, 3.8) is 0 Å². The zero-order chi connectivity index (χ0) is 9.68. The summed E-state index contributed by atoms with van der Waals surface area (Å²) in [5.41, 5.74) is 0. The molecule has 1 aromatic heterocycles. The number of hydrogen-bond acceptors (Lipinski definition) is 3. The lowest BCUT2D eigenvalue weighted by Gasteiger charge is -2.07. The van der Waals surface area contributed by atoms with Crippen LogP contribution >= 0.6 is 0 Å². The Kier molecular flexibility index (Phi) is 3.52. The van der Waals surface area contributed by atoms with Crippen LogP contribution < -0.4 is 5.32 Å². The number of hydrogen-bond donors (Lipinski definition) is 1. The molecular formula is C9H13NO3. The second-order valence-electron chi connectivity index (χ2n) is 2.84. The fraction of sp³-hybridized carbons (Fsp3) is 0.444. The number of furan rings is 1. The zero-order valence-corrected chi connectivity index (χ0v) is 7.74. The van der Waals surface area contributed by atoms with E-state index in [1.807, 2.05) is 13.8 Å². The molecule has 0 aromatic carbocycles. The van der Waals surface area contributed by atoms with Gasteiger partial charge < -0.3 is 14.5 Å². The molecule has 0 aliphatic carbocycles. The maximum Gasteiger partial charge on any atom is 0.288 e. The molecule has 1 amide bonds. The van der Waals surface area contributed by atoms with Crippen LogP contribution in [0.4, 0.5) is 0 Å². The molecule has 0 bridgehead atoms. The zero-order valence-electron chi connectivity index (χ0n) is 7.74. The molecule has 4 heteroatoms. The van der Waals surface area contributed by atoms with E-state index in [4.69, 9.17) is 9.15 Å². The van der Waals surface area contributed by atoms with E-state index in [1.54, 1.807) is 12.1 Å². The van der Waals surface area contributed by atoms with Crippen LogP contribution in [0, 0.1) is 0 Å². The molecule has 0 aliphatic rings. The quantitative estimate of drug-likeness (QED) is 0.717. The van der Waals surface area contributed by atoms with Crippen LogP contribution in [0.25, 0.3) is 0 Å². The first-order chi connectivity index (χ1) is 6.20. The fourth-order valence-electron chi connectivity index (χ4n) is 0.769. The normalized spacial score (nSPS) is 10.4. The van der Waals surface area contributed by atoms with Gasteiger partial charge >= 0.3 is 0 Å². The van der Waals surface area contributed by atoms with Crippen molar-refractivity contribution in [3.05, 3.63) is 24.2 Å². The molecule has 0 unspecified atom stereocenters. The summed E-state index contributed by atoms with van der Waals surface area (Å²) >= 11 is 0. The third kappa shape index (κ3) is 3.29. The number of rotatable bonds is 4. The van der Waals surface area contributed by atoms with E-state index in [1.165, 1.54) is 6.26 Å². The molecule has 1 aromatic rings. The number of amides is 1. The van der Waals surface area contributed by atoms with Gasteiger partial charge in [0.15, 0.2) is 5.76 Å². The van der Waals surface area contributed by atoms with Crippen molar-refractivity contribution < 1.29 is 13.9 Å². The maximum absolute atomic E-state index is 11.2. The second-order valence-corrected chi connectivity index (χ2v) is 2.84. The second kappa shape index (κ2) is 4.67. The van der Waals surface area contributed by atoms with Crippen LogP contribution in [0.3, 0.4) is 0 Å². The Morgan fingerprint density at radius 2 is 2.46 bits per heavy atom. The van der Waals surface area contributed by atoms with Gasteiger partial charge in [0.1, 0.15) is 6.73 Å². The van der Waals surface area contributed by atoms with Gasteiger partial charge in [0.05, 0.1) is 12.4 Å². The van der Waals surface area contributed by atoms with Crippen LogP contribution in [-0.2, 0) is 4.74 Å². The number of carbonyl (C=O) groups is 1. The number of carbonyl (C=O) groups excluding carboxylic acids is 1. The van der Waals surface area contributed by atoms with Gasteiger partial charge in [0, 0.05) is 0 Å². The Labute approximate surface area is 76.9 Å². The first kappa shape index (κ1) is 9.80. The highest BCUT2D eigenvalue weighted by Crippen LogP contribution is 1.98. The maximum atomic E-state index is 11.2. The van der Waals surface area contributed by atoms with Gasteiger partial charge in [0.2, 0.25) is 0 Å². The molecule has 13 heavy (non-hydrogen) atoms. The van der Waals surface area contributed by atoms with Gasteiger partial charge in [-0.1, -0.05) is 0 Å². The van der Waals surface area contributed by atoms with Crippen molar-refractivity contribution in [2.45, 2.75) is 20.0 Å². The van der Waals surface area contributed by atoms with Crippen LogP contribution in [-0.4, -0.2) is 18.7 Å². The van der Waals surface area contributed by atoms with Crippen LogP contribution in [0.1, 0.15) is 24.4 Å². The average Bonchev–Trinajstić information content (AvgIpc) is 2.55. The third-order valence-electron chi connectivity index (χ3n) is 1.39. The summed E-state index contributed by atoms with van der Waals surface area (Å²) in [7, 11) is 0. The molecule has 0 atom stereocenters. The minimum Gasteiger partial charge on any atom is -0.459 e. The monoisotopic (exact) mass is 183 g/mol. The third-order valence-corrected chi connectivity index (χ3v) is 1.39. The van der Waals surface area contributed by atoms with E-state index in [0.29, 0.717) is 5.76 Å². The Balaban J connectivity index is 2.27. The molecule has 4 nitrogen and oxygen atoms in total. The average molecular weight is 183 g/mol. The number of ether oxygens (including phenoxy) is 1. The van der Waals surface area contributed by atoms with Gasteiger partial charge in [-0.25, -0.2) is 0 Å². The van der Waals surface area contributed by atoms with Gasteiger partial charge in [-0.2, -0.15) is 0 Å². The summed E-state index contributed by atoms with van der Waals surface area (Å²) in [6.45, 7) is 4.01. The van der Waals surface area contributed by atoms with Crippen molar-refractivity contribution in [2.24, 2.45) is 0 Å². The Bertz CT molecular complexity index is 254. The fourth-order valence-corrected chi connectivity index (χ4v) is 0.769. The highest BCUT2D eigenvalue weighted by molar-refractivity contribution is 5.91. The number of nitrogens with one attached hydrogen (secondary N) is 1. The van der Waals surface area contributed by atoms with E-state index in [0.717, 1.165) is 0 Å². The van der Waals surface area contributed by atoms with Crippen molar-refractivity contribution >= 4 is 5.91 Å². The lowest BCUT2D eigenvalue weighted by Crippen LogP contribution is -2.27. The summed E-state index contributed by atoms with van der Waals surface area (Å²) in [6, 6.07) is 3.27. The highest BCUT2D eigenvalue weighted by Gasteiger charge is 2.06. The topological polar surface area (TPSA) is 51.5 Å². The summed E-state index contributed by atoms with van der Waals surface area (Å²) in [6.07, 6.45) is 1.56. The van der Waals surface area contributed by atoms with Crippen molar-refractivity contribution in [1.82, 2.24) is 5.32 Å². The first-order valence-corrected chi connectivity index (χ1v) is 4.13. The SMILES string of the molecule is CC(C)OCNC(=O)c1ccco1. The molecule has 0 saturated carbocycles.